The Morgan fingerprint density at radius 3 is 2.67 bits per heavy atom. The number of nitrogens with zero attached hydrogens (tertiary/aromatic N) is 1. The van der Waals surface area contributed by atoms with Crippen LogP contribution in [0, 0.1) is 11.6 Å². The fraction of sp³-hybridized carbons (Fsp3) is 0.154. The number of nitrogens with one attached hydrogen (secondary N) is 1. The second-order valence-corrected chi connectivity index (χ2v) is 6.40. The summed E-state index contributed by atoms with van der Waals surface area (Å²) in [4.78, 5) is 3.46. The second kappa shape index (κ2) is 6.05. The van der Waals surface area contributed by atoms with Gasteiger partial charge in [-0.05, 0) is 31.2 Å². The molecule has 1 aromatic heterocycles. The first kappa shape index (κ1) is 15.8. The van der Waals surface area contributed by atoms with E-state index in [0.29, 0.717) is 0 Å². The number of hydrogen-bond donors (Lipinski definition) is 1. The third-order valence-corrected chi connectivity index (χ3v) is 4.79. The fourth-order valence-corrected chi connectivity index (χ4v) is 3.42. The van der Waals surface area contributed by atoms with Crippen molar-refractivity contribution in [3.8, 4) is 0 Å². The van der Waals surface area contributed by atoms with Gasteiger partial charge in [-0.15, -0.1) is 0 Å². The zero-order valence-corrected chi connectivity index (χ0v) is 12.4. The molecule has 0 aliphatic rings. The maximum absolute atomic E-state index is 13.6. The molecule has 1 unspecified atom stereocenters. The van der Waals surface area contributed by atoms with E-state index in [4.69, 9.17) is 11.6 Å². The van der Waals surface area contributed by atoms with Crippen molar-refractivity contribution in [1.82, 2.24) is 9.71 Å². The zero-order valence-electron chi connectivity index (χ0n) is 10.8. The molecule has 0 aliphatic carbocycles. The third-order valence-electron chi connectivity index (χ3n) is 2.78. The van der Waals surface area contributed by atoms with Gasteiger partial charge >= 0.3 is 0 Å². The minimum Gasteiger partial charge on any atom is -0.263 e. The number of rotatable bonds is 4. The molecule has 2 aromatic rings. The lowest BCUT2D eigenvalue weighted by molar-refractivity contribution is 0.541. The van der Waals surface area contributed by atoms with E-state index in [1.54, 1.807) is 0 Å². The molecule has 112 valence electrons. The van der Waals surface area contributed by atoms with Crippen molar-refractivity contribution in [2.45, 2.75) is 17.9 Å². The van der Waals surface area contributed by atoms with E-state index in [0.717, 1.165) is 24.4 Å². The van der Waals surface area contributed by atoms with Crippen LogP contribution in [0.4, 0.5) is 8.78 Å². The summed E-state index contributed by atoms with van der Waals surface area (Å²) >= 11 is 5.80. The largest absolute Gasteiger partial charge is 0.263 e. The van der Waals surface area contributed by atoms with Gasteiger partial charge in [-0.1, -0.05) is 11.6 Å². The third kappa shape index (κ3) is 3.55. The highest BCUT2D eigenvalue weighted by Gasteiger charge is 2.23. The Labute approximate surface area is 125 Å². The van der Waals surface area contributed by atoms with Gasteiger partial charge in [0.1, 0.15) is 16.5 Å². The van der Waals surface area contributed by atoms with Crippen LogP contribution in [0.5, 0.6) is 0 Å². The Bertz CT molecular complexity index is 769. The Morgan fingerprint density at radius 1 is 1.29 bits per heavy atom. The van der Waals surface area contributed by atoms with Crippen LogP contribution in [0.1, 0.15) is 18.5 Å². The lowest BCUT2D eigenvalue weighted by atomic mass is 10.1. The van der Waals surface area contributed by atoms with Crippen molar-refractivity contribution < 1.29 is 17.2 Å². The van der Waals surface area contributed by atoms with Crippen LogP contribution < -0.4 is 4.72 Å². The highest BCUT2D eigenvalue weighted by molar-refractivity contribution is 7.89. The van der Waals surface area contributed by atoms with Crippen molar-refractivity contribution in [3.05, 3.63) is 58.9 Å². The van der Waals surface area contributed by atoms with Gasteiger partial charge in [-0.3, -0.25) is 4.98 Å². The molecule has 0 saturated carbocycles. The standard InChI is InChI=1S/C13H11ClF2N2O2S/c1-8(10-6-9(15)2-3-12(10)16)18-21(19,20)13-7-17-5-4-11(13)14/h2-8,18H,1H3. The van der Waals surface area contributed by atoms with Crippen LogP contribution >= 0.6 is 11.6 Å². The number of hydrogen-bond acceptors (Lipinski definition) is 3. The fourth-order valence-electron chi connectivity index (χ4n) is 1.77. The second-order valence-electron chi connectivity index (χ2n) is 4.31. The average molecular weight is 333 g/mol. The van der Waals surface area contributed by atoms with Gasteiger partial charge in [-0.25, -0.2) is 21.9 Å². The zero-order chi connectivity index (χ0) is 15.6. The minimum absolute atomic E-state index is 0.00980. The number of sulfonamides is 1. The van der Waals surface area contributed by atoms with Gasteiger partial charge < -0.3 is 0 Å². The Morgan fingerprint density at radius 2 is 2.00 bits per heavy atom. The molecule has 4 nitrogen and oxygen atoms in total. The molecule has 1 atom stereocenters. The monoisotopic (exact) mass is 332 g/mol. The van der Waals surface area contributed by atoms with Crippen LogP contribution in [-0.2, 0) is 10.0 Å². The summed E-state index contributed by atoms with van der Waals surface area (Å²) < 4.78 is 53.4. The molecule has 0 aliphatic heterocycles. The topological polar surface area (TPSA) is 59.1 Å². The van der Waals surface area contributed by atoms with Crippen molar-refractivity contribution in [3.63, 3.8) is 0 Å². The van der Waals surface area contributed by atoms with Gasteiger partial charge in [-0.2, -0.15) is 0 Å². The van der Waals surface area contributed by atoms with E-state index in [-0.39, 0.29) is 15.5 Å². The summed E-state index contributed by atoms with van der Waals surface area (Å²) in [6.07, 6.45) is 2.43. The van der Waals surface area contributed by atoms with E-state index >= 15 is 0 Å². The maximum atomic E-state index is 13.6. The van der Waals surface area contributed by atoms with Crippen LogP contribution in [0.3, 0.4) is 0 Å². The first-order valence-electron chi connectivity index (χ1n) is 5.88. The van der Waals surface area contributed by atoms with Gasteiger partial charge in [0.2, 0.25) is 10.0 Å². The molecule has 0 amide bonds. The Balaban J connectivity index is 2.33. The summed E-state index contributed by atoms with van der Waals surface area (Å²) in [7, 11) is -4.00. The first-order valence-corrected chi connectivity index (χ1v) is 7.74. The molecule has 21 heavy (non-hydrogen) atoms. The van der Waals surface area contributed by atoms with Crippen LogP contribution in [0.25, 0.3) is 0 Å². The molecule has 0 fully saturated rings. The number of halogens is 3. The molecular formula is C13H11ClF2N2O2S. The van der Waals surface area contributed by atoms with Crippen LogP contribution in [0.15, 0.2) is 41.6 Å². The summed E-state index contributed by atoms with van der Waals surface area (Å²) in [5.41, 5.74) is -0.0985. The number of aromatic nitrogens is 1. The molecular weight excluding hydrogens is 322 g/mol. The van der Waals surface area contributed by atoms with Gasteiger partial charge in [0.25, 0.3) is 0 Å². The predicted molar refractivity (Wildman–Crippen MR) is 74.3 cm³/mol. The van der Waals surface area contributed by atoms with Crippen molar-refractivity contribution in [2.75, 3.05) is 0 Å². The number of pyridine rings is 1. The van der Waals surface area contributed by atoms with Crippen LogP contribution in [-0.4, -0.2) is 13.4 Å². The van der Waals surface area contributed by atoms with E-state index in [9.17, 15) is 17.2 Å². The van der Waals surface area contributed by atoms with Crippen LogP contribution in [0.2, 0.25) is 5.02 Å². The summed E-state index contributed by atoms with van der Waals surface area (Å²) in [5, 5.41) is -0.00980. The van der Waals surface area contributed by atoms with Crippen molar-refractivity contribution >= 4 is 21.6 Å². The summed E-state index contributed by atoms with van der Waals surface area (Å²) in [6, 6.07) is 3.18. The van der Waals surface area contributed by atoms with Crippen molar-refractivity contribution in [1.29, 1.82) is 0 Å². The highest BCUT2D eigenvalue weighted by Crippen LogP contribution is 2.23. The Hall–Kier alpha value is -1.57. The normalized spacial score (nSPS) is 13.1. The quantitative estimate of drug-likeness (QED) is 0.936. The molecule has 0 radical (unpaired) electrons. The molecule has 2 rings (SSSR count). The average Bonchev–Trinajstić information content (AvgIpc) is 2.41. The molecule has 1 N–H and O–H groups in total. The summed E-state index contributed by atoms with van der Waals surface area (Å²) in [6.45, 7) is 1.40. The highest BCUT2D eigenvalue weighted by atomic mass is 35.5. The molecule has 1 aromatic carbocycles. The molecule has 0 saturated heterocycles. The first-order chi connectivity index (χ1) is 9.81. The maximum Gasteiger partial charge on any atom is 0.244 e. The molecule has 0 bridgehead atoms. The molecule has 1 heterocycles. The SMILES string of the molecule is CC(NS(=O)(=O)c1cnccc1Cl)c1cc(F)ccc1F. The van der Waals surface area contributed by atoms with Gasteiger partial charge in [0.05, 0.1) is 5.02 Å². The summed E-state index contributed by atoms with van der Waals surface area (Å²) in [5.74, 6) is -1.36. The lowest BCUT2D eigenvalue weighted by Gasteiger charge is -2.15. The smallest absolute Gasteiger partial charge is 0.244 e. The minimum atomic E-state index is -4.00. The molecule has 8 heteroatoms. The van der Waals surface area contributed by atoms with Gasteiger partial charge in [0.15, 0.2) is 0 Å². The van der Waals surface area contributed by atoms with E-state index in [2.05, 4.69) is 9.71 Å². The van der Waals surface area contributed by atoms with Crippen molar-refractivity contribution in [2.24, 2.45) is 0 Å². The van der Waals surface area contributed by atoms with E-state index < -0.39 is 27.7 Å². The van der Waals surface area contributed by atoms with E-state index in [1.165, 1.54) is 19.2 Å². The molecule has 0 spiro atoms. The number of benzene rings is 1. The lowest BCUT2D eigenvalue weighted by Crippen LogP contribution is -2.28. The van der Waals surface area contributed by atoms with E-state index in [1.807, 2.05) is 0 Å². The predicted octanol–water partition coefficient (Wildman–Crippen LogP) is 3.05. The van der Waals surface area contributed by atoms with Gasteiger partial charge in [0, 0.05) is 24.0 Å². The Kier molecular flexibility index (Phi) is 4.55.